The monoisotopic (exact) mass is 896 g/mol. The van der Waals surface area contributed by atoms with E-state index in [9.17, 15) is 20.1 Å². The third kappa shape index (κ3) is 12.0. The molecule has 6 aromatic carbocycles. The van der Waals surface area contributed by atoms with E-state index in [4.69, 9.17) is 23.2 Å². The Hall–Kier alpha value is -4.63. The van der Waals surface area contributed by atoms with Crippen LogP contribution in [0.2, 0.25) is 10.0 Å². The Bertz CT molecular complexity index is 2200. The van der Waals surface area contributed by atoms with Crippen molar-refractivity contribution in [3.8, 4) is 0 Å². The molecule has 0 aromatic heterocycles. The fourth-order valence-corrected chi connectivity index (χ4v) is 10.0. The van der Waals surface area contributed by atoms with Gasteiger partial charge in [0.25, 0.3) is 0 Å². The first kappa shape index (κ1) is 47.3. The van der Waals surface area contributed by atoms with Gasteiger partial charge in [0, 0.05) is 22.0 Å². The van der Waals surface area contributed by atoms with Gasteiger partial charge in [0.05, 0.1) is 6.10 Å². The molecule has 1 unspecified atom stereocenters. The van der Waals surface area contributed by atoms with Crippen LogP contribution in [0.1, 0.15) is 95.6 Å². The van der Waals surface area contributed by atoms with Crippen molar-refractivity contribution in [2.45, 2.75) is 68.7 Å². The van der Waals surface area contributed by atoms with Crippen LogP contribution in [0.3, 0.4) is 0 Å². The molecule has 2 aliphatic rings. The standard InChI is InChI=1S/C28H32ClNO2.C28H30ClNO2/c2*29-26-15-13-22(14-16-26)27(31)12-7-19-30-20-17-25(18-21-30)28(32,23-8-3-1-4-9-23)24-10-5-2-6-11-24/h1-6,8-11,13-16,25,27,31-32H,7,12,17-21H2;1-6,8-11,13-16,25,32H,7,12,17-21H2. The molecule has 334 valence electrons. The number of nitrogens with zero attached hydrogens (tertiary/aromatic N) is 2. The molecule has 3 N–H and O–H groups in total. The molecule has 8 heteroatoms. The molecule has 64 heavy (non-hydrogen) atoms. The Labute approximate surface area is 390 Å². The van der Waals surface area contributed by atoms with Gasteiger partial charge in [0.15, 0.2) is 5.78 Å². The number of Topliss-reactive ketones (excluding diaryl/α,β-unsaturated/α-hetero) is 1. The molecule has 2 aliphatic heterocycles. The van der Waals surface area contributed by atoms with Crippen molar-refractivity contribution in [2.75, 3.05) is 39.3 Å². The number of likely N-dealkylation sites (tertiary alicyclic amines) is 2. The first-order valence-electron chi connectivity index (χ1n) is 23.0. The predicted molar refractivity (Wildman–Crippen MR) is 261 cm³/mol. The Morgan fingerprint density at radius 1 is 0.516 bits per heavy atom. The van der Waals surface area contributed by atoms with E-state index in [0.717, 1.165) is 118 Å². The zero-order valence-corrected chi connectivity index (χ0v) is 38.2. The topological polar surface area (TPSA) is 84.2 Å². The van der Waals surface area contributed by atoms with Crippen LogP contribution in [-0.2, 0) is 11.2 Å². The van der Waals surface area contributed by atoms with Crippen molar-refractivity contribution < 1.29 is 20.1 Å². The molecular weight excluding hydrogens is 836 g/mol. The van der Waals surface area contributed by atoms with Crippen LogP contribution in [0.5, 0.6) is 0 Å². The highest BCUT2D eigenvalue weighted by molar-refractivity contribution is 6.30. The Kier molecular flexibility index (Phi) is 17.0. The summed E-state index contributed by atoms with van der Waals surface area (Å²) in [5.41, 5.74) is 3.54. The first-order valence-corrected chi connectivity index (χ1v) is 23.7. The molecule has 8 rings (SSSR count). The number of aliphatic hydroxyl groups excluding tert-OH is 1. The molecular formula is C56H62Cl2N2O4. The molecule has 6 nitrogen and oxygen atoms in total. The average Bonchev–Trinajstić information content (AvgIpc) is 3.35. The summed E-state index contributed by atoms with van der Waals surface area (Å²) < 4.78 is 0. The summed E-state index contributed by atoms with van der Waals surface area (Å²) >= 11 is 11.8. The van der Waals surface area contributed by atoms with E-state index in [1.54, 1.807) is 24.3 Å². The molecule has 2 fully saturated rings. The Morgan fingerprint density at radius 3 is 1.23 bits per heavy atom. The van der Waals surface area contributed by atoms with Gasteiger partial charge in [-0.25, -0.2) is 0 Å². The van der Waals surface area contributed by atoms with Crippen molar-refractivity contribution in [3.05, 3.63) is 213 Å². The summed E-state index contributed by atoms with van der Waals surface area (Å²) in [6, 6.07) is 54.8. The Balaban J connectivity index is 0.000000191. The van der Waals surface area contributed by atoms with Crippen molar-refractivity contribution in [1.29, 1.82) is 0 Å². The van der Waals surface area contributed by atoms with Gasteiger partial charge in [-0.15, -0.1) is 0 Å². The fraction of sp³-hybridized carbons (Fsp3) is 0.339. The number of benzene rings is 6. The van der Waals surface area contributed by atoms with E-state index in [1.165, 1.54) is 0 Å². The van der Waals surface area contributed by atoms with Crippen molar-refractivity contribution in [3.63, 3.8) is 0 Å². The summed E-state index contributed by atoms with van der Waals surface area (Å²) in [6.45, 7) is 5.66. The number of rotatable bonds is 16. The predicted octanol–water partition coefficient (Wildman–Crippen LogP) is 11.8. The number of carbonyl (C=O) groups is 1. The molecule has 1 atom stereocenters. The zero-order chi connectivity index (χ0) is 44.8. The van der Waals surface area contributed by atoms with Gasteiger partial charge < -0.3 is 25.1 Å². The van der Waals surface area contributed by atoms with Crippen LogP contribution in [0.4, 0.5) is 0 Å². The minimum absolute atomic E-state index is 0.152. The maximum atomic E-state index is 12.4. The molecule has 0 bridgehead atoms. The van der Waals surface area contributed by atoms with E-state index in [1.807, 2.05) is 146 Å². The fourth-order valence-electron chi connectivity index (χ4n) is 9.80. The van der Waals surface area contributed by atoms with Crippen LogP contribution >= 0.6 is 23.2 Å². The lowest BCUT2D eigenvalue weighted by molar-refractivity contribution is -0.0147. The highest BCUT2D eigenvalue weighted by Gasteiger charge is 2.42. The maximum Gasteiger partial charge on any atom is 0.162 e. The number of hydrogen-bond acceptors (Lipinski definition) is 6. The van der Waals surface area contributed by atoms with Crippen molar-refractivity contribution in [1.82, 2.24) is 9.80 Å². The number of piperidine rings is 2. The molecule has 2 heterocycles. The van der Waals surface area contributed by atoms with Crippen LogP contribution < -0.4 is 0 Å². The van der Waals surface area contributed by atoms with Crippen molar-refractivity contribution in [2.24, 2.45) is 11.8 Å². The van der Waals surface area contributed by atoms with Crippen LogP contribution in [0, 0.1) is 11.8 Å². The van der Waals surface area contributed by atoms with Crippen LogP contribution in [-0.4, -0.2) is 70.2 Å². The smallest absolute Gasteiger partial charge is 0.162 e. The SMILES string of the molecule is O=C(CCCN1CCC(C(O)(c2ccccc2)c2ccccc2)CC1)c1ccc(Cl)cc1.OC(CCCN1CCC(C(O)(c2ccccc2)c2ccccc2)CC1)c1ccc(Cl)cc1. The average molecular weight is 898 g/mol. The molecule has 6 aromatic rings. The molecule has 0 saturated carbocycles. The van der Waals surface area contributed by atoms with E-state index in [2.05, 4.69) is 9.80 Å². The number of ketones is 1. The van der Waals surface area contributed by atoms with Crippen LogP contribution in [0.15, 0.2) is 170 Å². The van der Waals surface area contributed by atoms with E-state index >= 15 is 0 Å². The van der Waals surface area contributed by atoms with Crippen LogP contribution in [0.25, 0.3) is 0 Å². The number of hydrogen-bond donors (Lipinski definition) is 3. The number of halogens is 2. The summed E-state index contributed by atoms with van der Waals surface area (Å²) in [6.07, 6.45) is 6.34. The van der Waals surface area contributed by atoms with E-state index in [0.29, 0.717) is 16.5 Å². The molecule has 0 aliphatic carbocycles. The zero-order valence-electron chi connectivity index (χ0n) is 36.7. The van der Waals surface area contributed by atoms with Gasteiger partial charge in [-0.3, -0.25) is 4.79 Å². The normalized spacial score (nSPS) is 16.1. The lowest BCUT2D eigenvalue weighted by atomic mass is 9.72. The number of carbonyl (C=O) groups excluding carboxylic acids is 1. The highest BCUT2D eigenvalue weighted by Crippen LogP contribution is 2.43. The quantitative estimate of drug-likeness (QED) is 0.0840. The highest BCUT2D eigenvalue weighted by atomic mass is 35.5. The van der Waals surface area contributed by atoms with Gasteiger partial charge in [-0.2, -0.15) is 0 Å². The second-order valence-electron chi connectivity index (χ2n) is 17.5. The van der Waals surface area contributed by atoms with Gasteiger partial charge in [0.2, 0.25) is 0 Å². The minimum atomic E-state index is -0.987. The minimum Gasteiger partial charge on any atom is -0.388 e. The van der Waals surface area contributed by atoms with Gasteiger partial charge in [-0.05, 0) is 160 Å². The second-order valence-corrected chi connectivity index (χ2v) is 18.3. The number of aliphatic hydroxyl groups is 3. The first-order chi connectivity index (χ1) is 31.1. The maximum absolute atomic E-state index is 12.4. The molecule has 0 spiro atoms. The summed E-state index contributed by atoms with van der Waals surface area (Å²) in [7, 11) is 0. The van der Waals surface area contributed by atoms with E-state index < -0.39 is 17.3 Å². The lowest BCUT2D eigenvalue weighted by Gasteiger charge is -2.42. The van der Waals surface area contributed by atoms with Gasteiger partial charge in [0.1, 0.15) is 11.2 Å². The lowest BCUT2D eigenvalue weighted by Crippen LogP contribution is -2.44. The van der Waals surface area contributed by atoms with Gasteiger partial charge in [-0.1, -0.05) is 157 Å². The largest absolute Gasteiger partial charge is 0.388 e. The molecule has 0 radical (unpaired) electrons. The summed E-state index contributed by atoms with van der Waals surface area (Å²) in [5, 5.41) is 35.8. The van der Waals surface area contributed by atoms with E-state index in [-0.39, 0.29) is 17.6 Å². The summed E-state index contributed by atoms with van der Waals surface area (Å²) in [4.78, 5) is 17.3. The molecule has 2 saturated heterocycles. The third-order valence-electron chi connectivity index (χ3n) is 13.5. The second kappa shape index (κ2) is 23.0. The molecule has 0 amide bonds. The van der Waals surface area contributed by atoms with Crippen molar-refractivity contribution >= 4 is 29.0 Å². The Morgan fingerprint density at radius 2 is 0.859 bits per heavy atom. The summed E-state index contributed by atoms with van der Waals surface area (Å²) in [5.74, 6) is 0.488. The van der Waals surface area contributed by atoms with Gasteiger partial charge >= 0.3 is 0 Å². The third-order valence-corrected chi connectivity index (χ3v) is 14.0.